The van der Waals surface area contributed by atoms with E-state index in [1.54, 1.807) is 6.07 Å². The zero-order valence-electron chi connectivity index (χ0n) is 13.2. The molecule has 2 rings (SSSR count). The number of nitrogens with two attached hydrogens (primary N) is 1. The molecule has 0 radical (unpaired) electrons. The fourth-order valence-corrected chi connectivity index (χ4v) is 1.77. The van der Waals surface area contributed by atoms with Crippen molar-refractivity contribution in [2.45, 2.75) is 19.3 Å². The van der Waals surface area contributed by atoms with Crippen molar-refractivity contribution in [2.75, 3.05) is 6.61 Å². The van der Waals surface area contributed by atoms with Gasteiger partial charge >= 0.3 is 6.18 Å². The molecule has 3 N–H and O–H groups in total. The minimum Gasteiger partial charge on any atom is -0.468 e. The van der Waals surface area contributed by atoms with E-state index >= 15 is 0 Å². The van der Waals surface area contributed by atoms with Crippen LogP contribution in [0.1, 0.15) is 11.1 Å². The minimum absolute atomic E-state index is 0. The van der Waals surface area contributed by atoms with Gasteiger partial charge in [0.15, 0.2) is 12.6 Å². The largest absolute Gasteiger partial charge is 0.468 e. The van der Waals surface area contributed by atoms with Gasteiger partial charge in [0.05, 0.1) is 6.54 Å². The number of hydrogen-bond acceptors (Lipinski definition) is 3. The SMILES string of the molecule is Br.NC(=NCc1ccc(OCC(F)(F)F)nc1)NCc1ccccc1. The zero-order chi connectivity index (χ0) is 17.4. The zero-order valence-corrected chi connectivity index (χ0v) is 14.9. The number of ether oxygens (including phenoxy) is 1. The number of guanidine groups is 1. The van der Waals surface area contributed by atoms with Crippen LogP contribution < -0.4 is 15.8 Å². The Balaban J connectivity index is 0.00000312. The highest BCUT2D eigenvalue weighted by Gasteiger charge is 2.28. The molecule has 0 fully saturated rings. The van der Waals surface area contributed by atoms with E-state index in [2.05, 4.69) is 20.0 Å². The summed E-state index contributed by atoms with van der Waals surface area (Å²) in [6.45, 7) is -0.549. The second-order valence-corrected chi connectivity index (χ2v) is 4.95. The molecule has 0 aliphatic rings. The maximum Gasteiger partial charge on any atom is 0.422 e. The number of nitrogens with one attached hydrogen (secondary N) is 1. The predicted molar refractivity (Wildman–Crippen MR) is 94.7 cm³/mol. The Morgan fingerprint density at radius 3 is 2.44 bits per heavy atom. The van der Waals surface area contributed by atoms with Gasteiger partial charge in [-0.05, 0) is 11.1 Å². The summed E-state index contributed by atoms with van der Waals surface area (Å²) in [6.07, 6.45) is -2.98. The Morgan fingerprint density at radius 1 is 1.12 bits per heavy atom. The molecule has 0 saturated carbocycles. The number of aliphatic imine (C=N–C) groups is 1. The number of benzene rings is 1. The molecule has 5 nitrogen and oxygen atoms in total. The van der Waals surface area contributed by atoms with Crippen molar-refractivity contribution in [1.82, 2.24) is 10.3 Å². The van der Waals surface area contributed by atoms with Crippen molar-refractivity contribution in [1.29, 1.82) is 0 Å². The summed E-state index contributed by atoms with van der Waals surface area (Å²) in [4.78, 5) is 7.95. The van der Waals surface area contributed by atoms with Gasteiger partial charge in [-0.25, -0.2) is 9.98 Å². The summed E-state index contributed by atoms with van der Waals surface area (Å²) in [5.74, 6) is 0.187. The van der Waals surface area contributed by atoms with Crippen LogP contribution in [0.2, 0.25) is 0 Å². The van der Waals surface area contributed by atoms with Crippen LogP contribution in [-0.2, 0) is 13.1 Å². The Kier molecular flexibility index (Phi) is 8.20. The van der Waals surface area contributed by atoms with Gasteiger partial charge in [0, 0.05) is 18.8 Å². The van der Waals surface area contributed by atoms with Crippen LogP contribution in [0, 0.1) is 0 Å². The summed E-state index contributed by atoms with van der Waals surface area (Å²) in [6, 6.07) is 12.7. The van der Waals surface area contributed by atoms with Crippen molar-refractivity contribution < 1.29 is 17.9 Å². The third-order valence-corrected chi connectivity index (χ3v) is 2.93. The fraction of sp³-hybridized carbons (Fsp3) is 0.250. The summed E-state index contributed by atoms with van der Waals surface area (Å²) in [7, 11) is 0. The molecule has 0 unspecified atom stereocenters. The van der Waals surface area contributed by atoms with Gasteiger partial charge in [-0.3, -0.25) is 0 Å². The molecule has 0 amide bonds. The Morgan fingerprint density at radius 2 is 1.84 bits per heavy atom. The van der Waals surface area contributed by atoms with Crippen LogP contribution in [0.4, 0.5) is 13.2 Å². The molecule has 25 heavy (non-hydrogen) atoms. The van der Waals surface area contributed by atoms with Crippen LogP contribution in [0.15, 0.2) is 53.7 Å². The van der Waals surface area contributed by atoms with E-state index < -0.39 is 12.8 Å². The third-order valence-electron chi connectivity index (χ3n) is 2.93. The van der Waals surface area contributed by atoms with Crippen LogP contribution in [-0.4, -0.2) is 23.7 Å². The summed E-state index contributed by atoms with van der Waals surface area (Å²) >= 11 is 0. The molecular formula is C16H18BrF3N4O. The molecular weight excluding hydrogens is 401 g/mol. The van der Waals surface area contributed by atoms with E-state index in [0.29, 0.717) is 12.1 Å². The van der Waals surface area contributed by atoms with Gasteiger partial charge in [0.25, 0.3) is 0 Å². The average molecular weight is 419 g/mol. The molecule has 0 aliphatic heterocycles. The van der Waals surface area contributed by atoms with Gasteiger partial charge < -0.3 is 15.8 Å². The van der Waals surface area contributed by atoms with Gasteiger partial charge in [0.1, 0.15) is 0 Å². The van der Waals surface area contributed by atoms with E-state index in [1.807, 2.05) is 30.3 Å². The number of halogens is 4. The van der Waals surface area contributed by atoms with Crippen LogP contribution in [0.25, 0.3) is 0 Å². The third kappa shape index (κ3) is 8.39. The maximum absolute atomic E-state index is 12.0. The normalized spacial score (nSPS) is 11.6. The van der Waals surface area contributed by atoms with Gasteiger partial charge in [-0.2, -0.15) is 13.2 Å². The Labute approximate surface area is 153 Å². The number of nitrogens with zero attached hydrogens (tertiary/aromatic N) is 2. The first-order valence-electron chi connectivity index (χ1n) is 7.14. The molecule has 0 bridgehead atoms. The quantitative estimate of drug-likeness (QED) is 0.557. The van der Waals surface area contributed by atoms with Gasteiger partial charge in [0.2, 0.25) is 5.88 Å². The highest BCUT2D eigenvalue weighted by atomic mass is 79.9. The number of aromatic nitrogens is 1. The second kappa shape index (κ2) is 9.87. The van der Waals surface area contributed by atoms with Crippen LogP contribution in [0.5, 0.6) is 5.88 Å². The average Bonchev–Trinajstić information content (AvgIpc) is 2.57. The summed E-state index contributed by atoms with van der Waals surface area (Å²) in [5, 5.41) is 2.98. The molecule has 2 aromatic rings. The van der Waals surface area contributed by atoms with E-state index in [-0.39, 0.29) is 35.4 Å². The van der Waals surface area contributed by atoms with Crippen LogP contribution in [0.3, 0.4) is 0 Å². The highest BCUT2D eigenvalue weighted by Crippen LogP contribution is 2.17. The molecule has 1 heterocycles. The molecule has 0 atom stereocenters. The molecule has 0 aliphatic carbocycles. The molecule has 136 valence electrons. The van der Waals surface area contributed by atoms with E-state index in [0.717, 1.165) is 5.56 Å². The molecule has 9 heteroatoms. The lowest BCUT2D eigenvalue weighted by Crippen LogP contribution is -2.31. The lowest BCUT2D eigenvalue weighted by atomic mass is 10.2. The lowest BCUT2D eigenvalue weighted by molar-refractivity contribution is -0.154. The Bertz CT molecular complexity index is 663. The smallest absolute Gasteiger partial charge is 0.422 e. The topological polar surface area (TPSA) is 72.5 Å². The van der Waals surface area contributed by atoms with Crippen molar-refractivity contribution in [3.8, 4) is 5.88 Å². The van der Waals surface area contributed by atoms with Crippen LogP contribution >= 0.6 is 17.0 Å². The molecule has 1 aromatic carbocycles. The predicted octanol–water partition coefficient (Wildman–Crippen LogP) is 3.21. The number of alkyl halides is 3. The Hall–Kier alpha value is -2.29. The molecule has 0 saturated heterocycles. The van der Waals surface area contributed by atoms with Gasteiger partial charge in [-0.15, -0.1) is 17.0 Å². The number of pyridine rings is 1. The first kappa shape index (κ1) is 20.8. The highest BCUT2D eigenvalue weighted by molar-refractivity contribution is 8.93. The van der Waals surface area contributed by atoms with E-state index in [4.69, 9.17) is 5.73 Å². The van der Waals surface area contributed by atoms with Crippen molar-refractivity contribution in [2.24, 2.45) is 10.7 Å². The molecule has 0 spiro atoms. The summed E-state index contributed by atoms with van der Waals surface area (Å²) < 4.78 is 40.6. The second-order valence-electron chi connectivity index (χ2n) is 4.95. The maximum atomic E-state index is 12.0. The van der Waals surface area contributed by atoms with Gasteiger partial charge in [-0.1, -0.05) is 36.4 Å². The first-order chi connectivity index (χ1) is 11.4. The van der Waals surface area contributed by atoms with Crippen molar-refractivity contribution >= 4 is 22.9 Å². The standard InChI is InChI=1S/C16H17F3N4O.BrH/c17-16(18,19)11-24-14-7-6-13(9-21-14)10-23-15(20)22-8-12-4-2-1-3-5-12;/h1-7,9H,8,10-11H2,(H3,20,22,23);1H. The lowest BCUT2D eigenvalue weighted by Gasteiger charge is -2.08. The van der Waals surface area contributed by atoms with E-state index in [9.17, 15) is 13.2 Å². The fourth-order valence-electron chi connectivity index (χ4n) is 1.77. The summed E-state index contributed by atoms with van der Waals surface area (Å²) in [5.41, 5.74) is 7.54. The minimum atomic E-state index is -4.39. The first-order valence-corrected chi connectivity index (χ1v) is 7.14. The molecule has 1 aromatic heterocycles. The number of rotatable bonds is 6. The van der Waals surface area contributed by atoms with Crippen molar-refractivity contribution in [3.63, 3.8) is 0 Å². The number of hydrogen-bond donors (Lipinski definition) is 2. The van der Waals surface area contributed by atoms with E-state index in [1.165, 1.54) is 12.3 Å². The monoisotopic (exact) mass is 418 g/mol. The van der Waals surface area contributed by atoms with Crippen molar-refractivity contribution in [3.05, 3.63) is 59.8 Å².